The molecule has 0 spiro atoms. The predicted octanol–water partition coefficient (Wildman–Crippen LogP) is 1.78. The van der Waals surface area contributed by atoms with Crippen molar-refractivity contribution in [3.05, 3.63) is 30.5 Å². The fraction of sp³-hybridized carbons (Fsp3) is 0.200. The molecule has 0 aliphatic rings. The zero-order chi connectivity index (χ0) is 9.68. The molecule has 0 aliphatic heterocycles. The third-order valence-corrected chi connectivity index (χ3v) is 1.66. The maximum Gasteiger partial charge on any atom is 0.116 e. The maximum absolute atomic E-state index is 8.81. The van der Waals surface area contributed by atoms with Gasteiger partial charge in [-0.15, -0.1) is 0 Å². The lowest BCUT2D eigenvalue weighted by atomic mass is 10.3. The molecule has 3 heteroatoms. The van der Waals surface area contributed by atoms with Gasteiger partial charge in [0.1, 0.15) is 6.29 Å². The quantitative estimate of drug-likeness (QED) is 0.573. The number of para-hydroxylation sites is 1. The summed E-state index contributed by atoms with van der Waals surface area (Å²) in [5.74, 6) is 0. The number of aryl methyl sites for hydroxylation is 1. The van der Waals surface area contributed by atoms with Gasteiger partial charge < -0.3 is 4.79 Å². The van der Waals surface area contributed by atoms with Crippen LogP contribution in [0.25, 0.3) is 10.9 Å². The van der Waals surface area contributed by atoms with Gasteiger partial charge in [0.25, 0.3) is 0 Å². The smallest absolute Gasteiger partial charge is 0.116 e. The van der Waals surface area contributed by atoms with Crippen molar-refractivity contribution in [1.82, 2.24) is 9.78 Å². The van der Waals surface area contributed by atoms with Gasteiger partial charge in [-0.3, -0.25) is 4.68 Å². The van der Waals surface area contributed by atoms with Crippen LogP contribution < -0.4 is 0 Å². The van der Waals surface area contributed by atoms with Crippen molar-refractivity contribution >= 4 is 17.2 Å². The molecule has 0 aliphatic carbocycles. The Morgan fingerprint density at radius 3 is 2.62 bits per heavy atom. The van der Waals surface area contributed by atoms with Crippen molar-refractivity contribution in [2.24, 2.45) is 7.05 Å². The van der Waals surface area contributed by atoms with Crippen LogP contribution >= 0.6 is 0 Å². The number of carbonyl (C=O) groups is 1. The lowest BCUT2D eigenvalue weighted by Gasteiger charge is -1.90. The Morgan fingerprint density at radius 2 is 2.00 bits per heavy atom. The van der Waals surface area contributed by atoms with Crippen LogP contribution in [0.5, 0.6) is 0 Å². The zero-order valence-corrected chi connectivity index (χ0v) is 7.77. The standard InChI is InChI=1S/C8H8N2.C2H4O/c1-10-8-5-3-2-4-7(8)6-9-10;1-2-3/h2-6H,1H3;2H,1H3. The Morgan fingerprint density at radius 1 is 1.38 bits per heavy atom. The Hall–Kier alpha value is -1.64. The van der Waals surface area contributed by atoms with E-state index in [1.165, 1.54) is 17.8 Å². The lowest BCUT2D eigenvalue weighted by Crippen LogP contribution is -1.87. The van der Waals surface area contributed by atoms with Crippen LogP contribution in [0.4, 0.5) is 0 Å². The molecule has 2 aromatic rings. The summed E-state index contributed by atoms with van der Waals surface area (Å²) in [4.78, 5) is 8.81. The number of hydrogen-bond donors (Lipinski definition) is 0. The number of rotatable bonds is 0. The Kier molecular flexibility index (Phi) is 3.20. The van der Waals surface area contributed by atoms with Gasteiger partial charge in [0.2, 0.25) is 0 Å². The molecule has 1 aromatic heterocycles. The van der Waals surface area contributed by atoms with Gasteiger partial charge in [-0.05, 0) is 13.0 Å². The van der Waals surface area contributed by atoms with Crippen LogP contribution in [0.1, 0.15) is 6.92 Å². The fourth-order valence-corrected chi connectivity index (χ4v) is 1.10. The highest BCUT2D eigenvalue weighted by Crippen LogP contribution is 2.09. The van der Waals surface area contributed by atoms with E-state index >= 15 is 0 Å². The van der Waals surface area contributed by atoms with E-state index in [1.807, 2.05) is 30.1 Å². The summed E-state index contributed by atoms with van der Waals surface area (Å²) in [7, 11) is 1.95. The van der Waals surface area contributed by atoms with Gasteiger partial charge in [-0.2, -0.15) is 5.10 Å². The number of fused-ring (bicyclic) bond motifs is 1. The molecule has 2 rings (SSSR count). The molecule has 0 amide bonds. The first kappa shape index (κ1) is 9.45. The largest absolute Gasteiger partial charge is 0.304 e. The molecule has 0 saturated carbocycles. The Labute approximate surface area is 77.0 Å². The lowest BCUT2D eigenvalue weighted by molar-refractivity contribution is -0.106. The van der Waals surface area contributed by atoms with E-state index in [1.54, 1.807) is 0 Å². The van der Waals surface area contributed by atoms with Crippen LogP contribution in [0.15, 0.2) is 30.5 Å². The Balaban J connectivity index is 0.000000251. The normalized spacial score (nSPS) is 9.08. The van der Waals surface area contributed by atoms with E-state index in [9.17, 15) is 0 Å². The number of aromatic nitrogens is 2. The molecule has 0 N–H and O–H groups in total. The van der Waals surface area contributed by atoms with E-state index in [-0.39, 0.29) is 0 Å². The van der Waals surface area contributed by atoms with Crippen molar-refractivity contribution in [2.75, 3.05) is 0 Å². The molecular weight excluding hydrogens is 164 g/mol. The number of nitrogens with zero attached hydrogens (tertiary/aromatic N) is 2. The van der Waals surface area contributed by atoms with E-state index < -0.39 is 0 Å². The number of hydrogen-bond acceptors (Lipinski definition) is 2. The fourth-order valence-electron chi connectivity index (χ4n) is 1.10. The molecule has 0 bridgehead atoms. The minimum atomic E-state index is 0.750. The van der Waals surface area contributed by atoms with Gasteiger partial charge >= 0.3 is 0 Å². The number of aldehydes is 1. The average Bonchev–Trinajstić information content (AvgIpc) is 2.50. The van der Waals surface area contributed by atoms with E-state index in [4.69, 9.17) is 4.79 Å². The molecule has 0 fully saturated rings. The van der Waals surface area contributed by atoms with Crippen LogP contribution in [-0.2, 0) is 11.8 Å². The van der Waals surface area contributed by atoms with Crippen molar-refractivity contribution in [3.8, 4) is 0 Å². The summed E-state index contributed by atoms with van der Waals surface area (Å²) in [5, 5.41) is 5.31. The number of carbonyl (C=O) groups excluding carboxylic acids is 1. The summed E-state index contributed by atoms with van der Waals surface area (Å²) in [6, 6.07) is 8.15. The van der Waals surface area contributed by atoms with Crippen molar-refractivity contribution < 1.29 is 4.79 Å². The second-order valence-corrected chi connectivity index (χ2v) is 2.56. The van der Waals surface area contributed by atoms with Crippen LogP contribution in [0.2, 0.25) is 0 Å². The number of benzene rings is 1. The summed E-state index contributed by atoms with van der Waals surface area (Å²) < 4.78 is 1.87. The van der Waals surface area contributed by atoms with E-state index in [0.29, 0.717) is 0 Å². The van der Waals surface area contributed by atoms with Crippen LogP contribution in [0, 0.1) is 0 Å². The predicted molar refractivity (Wildman–Crippen MR) is 52.5 cm³/mol. The van der Waals surface area contributed by atoms with Crippen LogP contribution in [0.3, 0.4) is 0 Å². The highest BCUT2D eigenvalue weighted by atomic mass is 16.1. The molecule has 1 heterocycles. The molecule has 0 radical (unpaired) electrons. The minimum Gasteiger partial charge on any atom is -0.304 e. The van der Waals surface area contributed by atoms with Crippen molar-refractivity contribution in [3.63, 3.8) is 0 Å². The van der Waals surface area contributed by atoms with Gasteiger partial charge in [-0.25, -0.2) is 0 Å². The molecule has 68 valence electrons. The average molecular weight is 176 g/mol. The second-order valence-electron chi connectivity index (χ2n) is 2.56. The van der Waals surface area contributed by atoms with Crippen LogP contribution in [-0.4, -0.2) is 16.1 Å². The minimum absolute atomic E-state index is 0.750. The third kappa shape index (κ3) is 2.15. The molecule has 0 unspecified atom stereocenters. The van der Waals surface area contributed by atoms with E-state index in [0.717, 1.165) is 6.29 Å². The summed E-state index contributed by atoms with van der Waals surface area (Å²) in [6.45, 7) is 1.44. The van der Waals surface area contributed by atoms with Crippen molar-refractivity contribution in [1.29, 1.82) is 0 Å². The third-order valence-electron chi connectivity index (χ3n) is 1.66. The van der Waals surface area contributed by atoms with E-state index in [2.05, 4.69) is 17.2 Å². The molecule has 0 atom stereocenters. The highest BCUT2D eigenvalue weighted by Gasteiger charge is 1.93. The van der Waals surface area contributed by atoms with Gasteiger partial charge in [0, 0.05) is 12.4 Å². The second kappa shape index (κ2) is 4.40. The summed E-state index contributed by atoms with van der Waals surface area (Å²) in [6.07, 6.45) is 2.62. The molecule has 3 nitrogen and oxygen atoms in total. The molecule has 0 saturated heterocycles. The molecule has 13 heavy (non-hydrogen) atoms. The van der Waals surface area contributed by atoms with Crippen molar-refractivity contribution in [2.45, 2.75) is 6.92 Å². The SMILES string of the molecule is CC=O.Cn1ncc2ccccc21. The highest BCUT2D eigenvalue weighted by molar-refractivity contribution is 5.78. The Bertz CT molecular complexity index is 392. The monoisotopic (exact) mass is 176 g/mol. The van der Waals surface area contributed by atoms with Gasteiger partial charge in [-0.1, -0.05) is 18.2 Å². The first-order valence-electron chi connectivity index (χ1n) is 4.06. The molecule has 1 aromatic carbocycles. The van der Waals surface area contributed by atoms with Gasteiger partial charge in [0.15, 0.2) is 0 Å². The zero-order valence-electron chi connectivity index (χ0n) is 7.77. The summed E-state index contributed by atoms with van der Waals surface area (Å²) in [5.41, 5.74) is 1.18. The summed E-state index contributed by atoms with van der Waals surface area (Å²) >= 11 is 0. The topological polar surface area (TPSA) is 34.9 Å². The molecular formula is C10H12N2O. The maximum atomic E-state index is 8.81. The van der Waals surface area contributed by atoms with Gasteiger partial charge in [0.05, 0.1) is 11.7 Å². The first-order valence-corrected chi connectivity index (χ1v) is 4.06. The first-order chi connectivity index (χ1) is 6.29.